The first-order valence-corrected chi connectivity index (χ1v) is 6.39. The van der Waals surface area contributed by atoms with Gasteiger partial charge in [-0.25, -0.2) is 9.18 Å². The van der Waals surface area contributed by atoms with E-state index in [4.69, 9.17) is 14.6 Å². The Morgan fingerprint density at radius 3 is 2.52 bits per heavy atom. The number of methoxy groups -OCH3 is 1. The van der Waals surface area contributed by atoms with Crippen molar-refractivity contribution in [3.63, 3.8) is 0 Å². The highest BCUT2D eigenvalue weighted by atomic mass is 19.1. The van der Waals surface area contributed by atoms with Crippen molar-refractivity contribution in [3.05, 3.63) is 59.4 Å². The Morgan fingerprint density at radius 1 is 1.19 bits per heavy atom. The third kappa shape index (κ3) is 3.72. The Hall–Kier alpha value is -2.56. The molecule has 0 unspecified atom stereocenters. The summed E-state index contributed by atoms with van der Waals surface area (Å²) >= 11 is 0. The summed E-state index contributed by atoms with van der Waals surface area (Å²) in [5.74, 6) is -1.34. The molecule has 21 heavy (non-hydrogen) atoms. The summed E-state index contributed by atoms with van der Waals surface area (Å²) in [5.41, 5.74) is 0.580. The first-order chi connectivity index (χ1) is 10.1. The van der Waals surface area contributed by atoms with Gasteiger partial charge in [-0.2, -0.15) is 0 Å². The molecule has 5 heteroatoms. The third-order valence-corrected chi connectivity index (χ3v) is 3.00. The van der Waals surface area contributed by atoms with Gasteiger partial charge in [0.05, 0.1) is 13.7 Å². The molecule has 2 rings (SSSR count). The fourth-order valence-electron chi connectivity index (χ4n) is 1.90. The number of ether oxygens (including phenoxy) is 2. The Morgan fingerprint density at radius 2 is 1.90 bits per heavy atom. The van der Waals surface area contributed by atoms with E-state index < -0.39 is 17.3 Å². The van der Waals surface area contributed by atoms with Gasteiger partial charge in [0.1, 0.15) is 22.9 Å². The standard InChI is InChI=1S/C16H15FO4/c1-20-12-7-5-11(6-8-12)9-10-21-14-4-2-3-13(17)15(14)16(18)19/h2-8H,9-10H2,1H3,(H,18,19). The van der Waals surface area contributed by atoms with Crippen LogP contribution in [0.5, 0.6) is 11.5 Å². The zero-order chi connectivity index (χ0) is 15.2. The molecule has 0 atom stereocenters. The summed E-state index contributed by atoms with van der Waals surface area (Å²) in [6.45, 7) is 0.260. The number of carboxylic acid groups (broad SMARTS) is 1. The van der Waals surface area contributed by atoms with Crippen molar-refractivity contribution in [2.24, 2.45) is 0 Å². The van der Waals surface area contributed by atoms with Gasteiger partial charge in [-0.3, -0.25) is 0 Å². The molecule has 0 fully saturated rings. The maximum absolute atomic E-state index is 13.5. The molecule has 0 spiro atoms. The molecule has 2 aromatic rings. The highest BCUT2D eigenvalue weighted by Gasteiger charge is 2.16. The minimum Gasteiger partial charge on any atom is -0.497 e. The molecule has 0 saturated carbocycles. The predicted octanol–water partition coefficient (Wildman–Crippen LogP) is 3.15. The number of benzene rings is 2. The van der Waals surface area contributed by atoms with Gasteiger partial charge < -0.3 is 14.6 Å². The number of hydrogen-bond donors (Lipinski definition) is 1. The molecule has 0 bridgehead atoms. The lowest BCUT2D eigenvalue weighted by atomic mass is 10.1. The van der Waals surface area contributed by atoms with Crippen LogP contribution in [0.15, 0.2) is 42.5 Å². The second-order valence-electron chi connectivity index (χ2n) is 4.36. The van der Waals surface area contributed by atoms with Crippen LogP contribution in [0.2, 0.25) is 0 Å². The molecule has 0 aliphatic heterocycles. The maximum atomic E-state index is 13.5. The minimum atomic E-state index is -1.34. The molecule has 0 aliphatic rings. The van der Waals surface area contributed by atoms with E-state index in [1.807, 2.05) is 24.3 Å². The van der Waals surface area contributed by atoms with Gasteiger partial charge in [0, 0.05) is 6.42 Å². The number of carboxylic acids is 1. The number of hydrogen-bond acceptors (Lipinski definition) is 3. The SMILES string of the molecule is COc1ccc(CCOc2cccc(F)c2C(=O)O)cc1. The van der Waals surface area contributed by atoms with Crippen molar-refractivity contribution in [2.45, 2.75) is 6.42 Å². The molecule has 110 valence electrons. The molecule has 0 saturated heterocycles. The van der Waals surface area contributed by atoms with Crippen molar-refractivity contribution < 1.29 is 23.8 Å². The van der Waals surface area contributed by atoms with Crippen LogP contribution in [0, 0.1) is 5.82 Å². The van der Waals surface area contributed by atoms with Crippen molar-refractivity contribution >= 4 is 5.97 Å². The van der Waals surface area contributed by atoms with E-state index in [-0.39, 0.29) is 12.4 Å². The monoisotopic (exact) mass is 290 g/mol. The summed E-state index contributed by atoms with van der Waals surface area (Å²) < 4.78 is 23.9. The van der Waals surface area contributed by atoms with Crippen LogP contribution in [-0.4, -0.2) is 24.8 Å². The van der Waals surface area contributed by atoms with Crippen LogP contribution >= 0.6 is 0 Å². The zero-order valence-corrected chi connectivity index (χ0v) is 11.5. The Labute approximate surface area is 121 Å². The number of rotatable bonds is 6. The van der Waals surface area contributed by atoms with Crippen LogP contribution in [0.1, 0.15) is 15.9 Å². The largest absolute Gasteiger partial charge is 0.497 e. The summed E-state index contributed by atoms with van der Waals surface area (Å²) in [4.78, 5) is 11.0. The van der Waals surface area contributed by atoms with Gasteiger partial charge >= 0.3 is 5.97 Å². The second kappa shape index (κ2) is 6.74. The Balaban J connectivity index is 2.00. The lowest BCUT2D eigenvalue weighted by Crippen LogP contribution is -2.08. The molecule has 0 heterocycles. The Kier molecular flexibility index (Phi) is 4.77. The highest BCUT2D eigenvalue weighted by Crippen LogP contribution is 2.21. The average Bonchev–Trinajstić information content (AvgIpc) is 2.47. The van der Waals surface area contributed by atoms with Gasteiger partial charge in [0.2, 0.25) is 0 Å². The molecule has 0 aliphatic carbocycles. The van der Waals surface area contributed by atoms with E-state index in [9.17, 15) is 9.18 Å². The molecular weight excluding hydrogens is 275 g/mol. The zero-order valence-electron chi connectivity index (χ0n) is 11.5. The summed E-state index contributed by atoms with van der Waals surface area (Å²) in [6, 6.07) is 11.4. The van der Waals surface area contributed by atoms with Gasteiger partial charge in [0.15, 0.2) is 0 Å². The first-order valence-electron chi connectivity index (χ1n) is 6.39. The molecule has 0 radical (unpaired) electrons. The minimum absolute atomic E-state index is 0.0380. The smallest absolute Gasteiger partial charge is 0.342 e. The van der Waals surface area contributed by atoms with Gasteiger partial charge in [0.25, 0.3) is 0 Å². The van der Waals surface area contributed by atoms with Crippen molar-refractivity contribution in [1.82, 2.24) is 0 Å². The van der Waals surface area contributed by atoms with Gasteiger partial charge in [-0.15, -0.1) is 0 Å². The topological polar surface area (TPSA) is 55.8 Å². The van der Waals surface area contributed by atoms with Gasteiger partial charge in [-0.05, 0) is 29.8 Å². The lowest BCUT2D eigenvalue weighted by Gasteiger charge is -2.10. The van der Waals surface area contributed by atoms with E-state index >= 15 is 0 Å². The van der Waals surface area contributed by atoms with Gasteiger partial charge in [-0.1, -0.05) is 18.2 Å². The summed E-state index contributed by atoms with van der Waals surface area (Å²) in [6.07, 6.45) is 0.583. The highest BCUT2D eigenvalue weighted by molar-refractivity contribution is 5.91. The van der Waals surface area contributed by atoms with Crippen molar-refractivity contribution in [2.75, 3.05) is 13.7 Å². The lowest BCUT2D eigenvalue weighted by molar-refractivity contribution is 0.0687. The van der Waals surface area contributed by atoms with Crippen LogP contribution in [0.25, 0.3) is 0 Å². The molecule has 4 nitrogen and oxygen atoms in total. The average molecular weight is 290 g/mol. The van der Waals surface area contributed by atoms with Crippen LogP contribution < -0.4 is 9.47 Å². The fourth-order valence-corrected chi connectivity index (χ4v) is 1.90. The molecule has 2 aromatic carbocycles. The summed E-state index contributed by atoms with van der Waals surface area (Å²) in [7, 11) is 1.59. The van der Waals surface area contributed by atoms with Crippen molar-refractivity contribution in [1.29, 1.82) is 0 Å². The van der Waals surface area contributed by atoms with Crippen LogP contribution in [0.4, 0.5) is 4.39 Å². The third-order valence-electron chi connectivity index (χ3n) is 3.00. The van der Waals surface area contributed by atoms with E-state index in [1.165, 1.54) is 12.1 Å². The summed E-state index contributed by atoms with van der Waals surface area (Å²) in [5, 5.41) is 8.99. The Bertz CT molecular complexity index is 623. The molecule has 0 aromatic heterocycles. The molecule has 1 N–H and O–H groups in total. The van der Waals surface area contributed by atoms with E-state index in [0.717, 1.165) is 17.4 Å². The maximum Gasteiger partial charge on any atom is 0.342 e. The van der Waals surface area contributed by atoms with E-state index in [0.29, 0.717) is 6.42 Å². The number of carbonyl (C=O) groups is 1. The number of halogens is 1. The van der Waals surface area contributed by atoms with Crippen molar-refractivity contribution in [3.8, 4) is 11.5 Å². The van der Waals surface area contributed by atoms with E-state index in [2.05, 4.69) is 0 Å². The predicted molar refractivity (Wildman–Crippen MR) is 75.6 cm³/mol. The normalized spacial score (nSPS) is 10.2. The molecule has 0 amide bonds. The fraction of sp³-hybridized carbons (Fsp3) is 0.188. The van der Waals surface area contributed by atoms with Crippen LogP contribution in [0.3, 0.4) is 0 Å². The second-order valence-corrected chi connectivity index (χ2v) is 4.36. The van der Waals surface area contributed by atoms with Crippen LogP contribution in [-0.2, 0) is 6.42 Å². The quantitative estimate of drug-likeness (QED) is 0.888. The first kappa shape index (κ1) is 14.8. The van der Waals surface area contributed by atoms with E-state index in [1.54, 1.807) is 7.11 Å². The number of aromatic carboxylic acids is 1. The molecular formula is C16H15FO4.